The molecule has 0 aliphatic rings. The van der Waals surface area contributed by atoms with Crippen LogP contribution in [-0.4, -0.2) is 49.8 Å². The molecule has 0 saturated heterocycles. The highest BCUT2D eigenvalue weighted by molar-refractivity contribution is 7.93. The van der Waals surface area contributed by atoms with Gasteiger partial charge in [-0.15, -0.1) is 11.3 Å². The van der Waals surface area contributed by atoms with Gasteiger partial charge in [0, 0.05) is 42.2 Å². The summed E-state index contributed by atoms with van der Waals surface area (Å²) in [6.07, 6.45) is 4.89. The van der Waals surface area contributed by atoms with Gasteiger partial charge in [-0.1, -0.05) is 35.9 Å². The van der Waals surface area contributed by atoms with Crippen molar-refractivity contribution in [1.29, 1.82) is 0 Å². The topological polar surface area (TPSA) is 115 Å². The lowest BCUT2D eigenvalue weighted by Gasteiger charge is -2.17. The monoisotopic (exact) mass is 486 g/mol. The second-order valence-corrected chi connectivity index (χ2v) is 9.76. The molecule has 0 radical (unpaired) electrons. The van der Waals surface area contributed by atoms with Crippen molar-refractivity contribution in [3.8, 4) is 0 Å². The van der Waals surface area contributed by atoms with E-state index in [9.17, 15) is 13.2 Å². The van der Waals surface area contributed by atoms with Crippen LogP contribution >= 0.6 is 22.9 Å². The van der Waals surface area contributed by atoms with Crippen molar-refractivity contribution in [2.75, 3.05) is 30.2 Å². The number of hydrogen-bond acceptors (Lipinski definition) is 7. The lowest BCUT2D eigenvalue weighted by atomic mass is 10.1. The summed E-state index contributed by atoms with van der Waals surface area (Å²) in [7, 11) is -3.62. The molecule has 3 N–H and O–H groups in total. The molecule has 0 atom stereocenters. The van der Waals surface area contributed by atoms with Gasteiger partial charge in [0.2, 0.25) is 10.0 Å². The van der Waals surface area contributed by atoms with E-state index in [2.05, 4.69) is 9.71 Å². The molecule has 170 valence electrons. The van der Waals surface area contributed by atoms with Crippen molar-refractivity contribution in [1.82, 2.24) is 9.88 Å². The van der Waals surface area contributed by atoms with Crippen LogP contribution in [0.2, 0.25) is 5.02 Å². The maximum absolute atomic E-state index is 12.3. The molecule has 0 spiro atoms. The number of nitrogens with two attached hydrogens (primary N) is 1. The van der Waals surface area contributed by atoms with E-state index in [4.69, 9.17) is 22.1 Å². The second-order valence-electron chi connectivity index (χ2n) is 6.47. The smallest absolute Gasteiger partial charge is 0.409 e. The lowest BCUT2D eigenvalue weighted by molar-refractivity contribution is 0.107. The highest BCUT2D eigenvalue weighted by Gasteiger charge is 2.13. The zero-order chi connectivity index (χ0) is 22.9. The highest BCUT2D eigenvalue weighted by atomic mass is 35.5. The Morgan fingerprint density at radius 2 is 2.10 bits per heavy atom. The van der Waals surface area contributed by atoms with Crippen LogP contribution in [0.4, 0.5) is 9.93 Å². The van der Waals surface area contributed by atoms with Crippen molar-refractivity contribution < 1.29 is 17.9 Å². The predicted molar refractivity (Wildman–Crippen MR) is 126 cm³/mol. The van der Waals surface area contributed by atoms with Crippen molar-refractivity contribution in [2.45, 2.75) is 26.8 Å². The molecule has 0 bridgehead atoms. The van der Waals surface area contributed by atoms with E-state index in [1.54, 1.807) is 29.3 Å². The Morgan fingerprint density at radius 3 is 2.77 bits per heavy atom. The molecule has 0 saturated carbocycles. The summed E-state index contributed by atoms with van der Waals surface area (Å²) in [6.45, 7) is 5.40. The van der Waals surface area contributed by atoms with Crippen molar-refractivity contribution in [3.05, 3.63) is 51.5 Å². The average Bonchev–Trinajstić information content (AvgIpc) is 3.15. The lowest BCUT2D eigenvalue weighted by Crippen LogP contribution is -2.31. The number of halogens is 1. The van der Waals surface area contributed by atoms with Crippen LogP contribution in [0.25, 0.3) is 6.08 Å². The number of benzene rings is 1. The minimum atomic E-state index is -3.62. The van der Waals surface area contributed by atoms with Crippen LogP contribution in [0.1, 0.15) is 29.9 Å². The van der Waals surface area contributed by atoms with Gasteiger partial charge in [0.05, 0.1) is 12.4 Å². The standard InChI is InChI=1S/C20H27ClN4O4S2/c1-3-25(4-2)20(26)29-11-10-16-14-23-19(30-16)24-31(27,28)12-6-8-15-7-5-9-18(21)17(15)13-22/h5-9,14H,3-4,10-13,22H2,1-2H3,(H,23,24). The maximum atomic E-state index is 12.3. The number of carbonyl (C=O) groups excluding carboxylic acids is 1. The molecule has 2 rings (SSSR count). The van der Waals surface area contributed by atoms with Gasteiger partial charge in [-0.25, -0.2) is 18.2 Å². The van der Waals surface area contributed by atoms with E-state index in [0.29, 0.717) is 24.5 Å². The maximum Gasteiger partial charge on any atom is 0.409 e. The molecule has 8 nitrogen and oxygen atoms in total. The Kier molecular flexibility index (Phi) is 9.76. The van der Waals surface area contributed by atoms with Crippen molar-refractivity contribution >= 4 is 50.3 Å². The van der Waals surface area contributed by atoms with Gasteiger partial charge in [0.25, 0.3) is 0 Å². The molecule has 0 fully saturated rings. The summed E-state index contributed by atoms with van der Waals surface area (Å²) in [5.41, 5.74) is 7.25. The quantitative estimate of drug-likeness (QED) is 0.500. The van der Waals surface area contributed by atoms with Gasteiger partial charge in [-0.3, -0.25) is 4.72 Å². The number of aromatic nitrogens is 1. The zero-order valence-corrected chi connectivity index (χ0v) is 19.9. The molecular weight excluding hydrogens is 460 g/mol. The second kappa shape index (κ2) is 12.0. The molecule has 31 heavy (non-hydrogen) atoms. The fourth-order valence-corrected chi connectivity index (χ4v) is 4.91. The summed E-state index contributed by atoms with van der Waals surface area (Å²) in [5.74, 6) is -0.222. The molecular formula is C20H27ClN4O4S2. The summed E-state index contributed by atoms with van der Waals surface area (Å²) < 4.78 is 32.4. The number of nitrogens with zero attached hydrogens (tertiary/aromatic N) is 2. The van der Waals surface area contributed by atoms with Gasteiger partial charge in [0.15, 0.2) is 5.13 Å². The van der Waals surface area contributed by atoms with Crippen LogP contribution in [0.15, 0.2) is 30.5 Å². The molecule has 1 amide bonds. The fraction of sp³-hybridized carbons (Fsp3) is 0.400. The number of ether oxygens (including phenoxy) is 1. The van der Waals surface area contributed by atoms with Crippen LogP contribution in [0, 0.1) is 0 Å². The van der Waals surface area contributed by atoms with Gasteiger partial charge in [0.1, 0.15) is 0 Å². The van der Waals surface area contributed by atoms with E-state index in [1.807, 2.05) is 19.9 Å². The Hall–Kier alpha value is -2.14. The first kappa shape index (κ1) is 25.1. The summed E-state index contributed by atoms with van der Waals surface area (Å²) in [6, 6.07) is 5.35. The highest BCUT2D eigenvalue weighted by Crippen LogP contribution is 2.22. The molecule has 0 unspecified atom stereocenters. The molecule has 0 aliphatic carbocycles. The fourth-order valence-electron chi connectivity index (χ4n) is 2.71. The Bertz CT molecular complexity index is 1000. The molecule has 2 aromatic rings. The van der Waals surface area contributed by atoms with Crippen LogP contribution in [0.5, 0.6) is 0 Å². The summed E-state index contributed by atoms with van der Waals surface area (Å²) in [4.78, 5) is 18.3. The van der Waals surface area contributed by atoms with Crippen LogP contribution < -0.4 is 10.5 Å². The number of carbonyl (C=O) groups is 1. The van der Waals surface area contributed by atoms with Crippen LogP contribution in [0.3, 0.4) is 0 Å². The van der Waals surface area contributed by atoms with Gasteiger partial charge >= 0.3 is 6.09 Å². The Morgan fingerprint density at radius 1 is 1.35 bits per heavy atom. The third kappa shape index (κ3) is 7.80. The van der Waals surface area contributed by atoms with E-state index < -0.39 is 10.0 Å². The predicted octanol–water partition coefficient (Wildman–Crippen LogP) is 3.73. The number of anilines is 1. The minimum absolute atomic E-state index is 0.204. The number of sulfonamides is 1. The summed E-state index contributed by atoms with van der Waals surface area (Å²) in [5, 5.41) is 0.813. The normalized spacial score (nSPS) is 11.6. The Balaban J connectivity index is 1.88. The van der Waals surface area contributed by atoms with Gasteiger partial charge in [-0.2, -0.15) is 0 Å². The number of amides is 1. The largest absolute Gasteiger partial charge is 0.449 e. The van der Waals surface area contributed by atoms with Crippen LogP contribution in [-0.2, 0) is 27.7 Å². The average molecular weight is 487 g/mol. The molecule has 11 heteroatoms. The SMILES string of the molecule is CCN(CC)C(=O)OCCc1cnc(NS(=O)(=O)CC=Cc2cccc(Cl)c2CN)s1. The molecule has 1 aromatic carbocycles. The van der Waals surface area contributed by atoms with E-state index in [1.165, 1.54) is 17.4 Å². The van der Waals surface area contributed by atoms with E-state index in [-0.39, 0.29) is 30.1 Å². The van der Waals surface area contributed by atoms with Gasteiger partial charge in [-0.05, 0) is 31.0 Å². The first-order valence-corrected chi connectivity index (χ1v) is 12.6. The minimum Gasteiger partial charge on any atom is -0.449 e. The first-order chi connectivity index (χ1) is 14.8. The molecule has 0 aliphatic heterocycles. The van der Waals surface area contributed by atoms with Crippen molar-refractivity contribution in [2.24, 2.45) is 5.73 Å². The van der Waals surface area contributed by atoms with Crippen molar-refractivity contribution in [3.63, 3.8) is 0 Å². The third-order valence-corrected chi connectivity index (χ3v) is 6.96. The van der Waals surface area contributed by atoms with E-state index >= 15 is 0 Å². The Labute approximate surface area is 192 Å². The third-order valence-electron chi connectivity index (χ3n) is 4.36. The zero-order valence-electron chi connectivity index (χ0n) is 17.5. The number of rotatable bonds is 11. The number of nitrogens with one attached hydrogen (secondary N) is 1. The molecule has 1 heterocycles. The molecule has 1 aromatic heterocycles. The van der Waals surface area contributed by atoms with E-state index in [0.717, 1.165) is 16.0 Å². The first-order valence-electron chi connectivity index (χ1n) is 9.80. The summed E-state index contributed by atoms with van der Waals surface area (Å²) >= 11 is 7.32. The van der Waals surface area contributed by atoms with Gasteiger partial charge < -0.3 is 15.4 Å². The number of hydrogen-bond donors (Lipinski definition) is 2. The number of thiazole rings is 1.